The molecule has 104 valence electrons. The Balaban J connectivity index is 2.06. The predicted molar refractivity (Wildman–Crippen MR) is 75.5 cm³/mol. The number of carboxylic acid groups (broad SMARTS) is 1. The number of aliphatic carboxylic acids is 1. The maximum Gasteiger partial charge on any atom is 0.322 e. The van der Waals surface area contributed by atoms with Crippen molar-refractivity contribution in [2.45, 2.75) is 13.5 Å². The Morgan fingerprint density at radius 2 is 2.16 bits per heavy atom. The topological polar surface area (TPSA) is 64.6 Å². The summed E-state index contributed by atoms with van der Waals surface area (Å²) in [5.41, 5.74) is 3.23. The first-order chi connectivity index (χ1) is 9.15. The predicted octanol–water partition coefficient (Wildman–Crippen LogP) is 0.897. The molecule has 1 aliphatic rings. The van der Waals surface area contributed by atoms with Crippen LogP contribution in [0.5, 0.6) is 0 Å². The monoisotopic (exact) mass is 263 g/mol. The number of nitrogens with zero attached hydrogens (tertiary/aromatic N) is 1. The van der Waals surface area contributed by atoms with Crippen LogP contribution in [0.15, 0.2) is 18.2 Å². The van der Waals surface area contributed by atoms with Crippen LogP contribution in [-0.2, 0) is 11.3 Å². The summed E-state index contributed by atoms with van der Waals surface area (Å²) in [7, 11) is 0. The van der Waals surface area contributed by atoms with Crippen LogP contribution in [0, 0.1) is 6.92 Å². The van der Waals surface area contributed by atoms with Crippen LogP contribution in [0.2, 0.25) is 0 Å². The number of benzene rings is 1. The van der Waals surface area contributed by atoms with Crippen molar-refractivity contribution in [2.24, 2.45) is 0 Å². The van der Waals surface area contributed by atoms with Gasteiger partial charge in [0.15, 0.2) is 0 Å². The Bertz CT molecular complexity index is 442. The number of hydrogen-bond donors (Lipinski definition) is 3. The van der Waals surface area contributed by atoms with Crippen molar-refractivity contribution in [3.8, 4) is 0 Å². The average Bonchev–Trinajstić information content (AvgIpc) is 2.40. The summed E-state index contributed by atoms with van der Waals surface area (Å²) in [6, 6.07) is 6.17. The second kappa shape index (κ2) is 6.54. The van der Waals surface area contributed by atoms with Gasteiger partial charge < -0.3 is 15.7 Å². The van der Waals surface area contributed by atoms with E-state index in [-0.39, 0.29) is 6.54 Å². The molecule has 1 aromatic rings. The van der Waals surface area contributed by atoms with Gasteiger partial charge in [-0.1, -0.05) is 12.1 Å². The number of rotatable bonds is 5. The van der Waals surface area contributed by atoms with E-state index in [1.54, 1.807) is 0 Å². The van der Waals surface area contributed by atoms with Crippen molar-refractivity contribution in [3.63, 3.8) is 0 Å². The highest BCUT2D eigenvalue weighted by atomic mass is 16.4. The highest BCUT2D eigenvalue weighted by molar-refractivity contribution is 5.73. The largest absolute Gasteiger partial charge is 0.480 e. The van der Waals surface area contributed by atoms with Gasteiger partial charge in [0, 0.05) is 38.4 Å². The normalized spacial score (nSPS) is 16.3. The first kappa shape index (κ1) is 13.8. The third kappa shape index (κ3) is 4.22. The number of anilines is 1. The molecule has 5 heteroatoms. The number of hydrogen-bond acceptors (Lipinski definition) is 4. The maximum atomic E-state index is 10.7. The number of aryl methyl sites for hydroxylation is 1. The van der Waals surface area contributed by atoms with E-state index >= 15 is 0 Å². The van der Waals surface area contributed by atoms with Crippen LogP contribution < -0.4 is 10.6 Å². The molecule has 0 bridgehead atoms. The minimum absolute atomic E-state index is 0.0436. The van der Waals surface area contributed by atoms with Gasteiger partial charge in [-0.3, -0.25) is 9.69 Å². The summed E-state index contributed by atoms with van der Waals surface area (Å²) in [6.07, 6.45) is 0. The molecule has 0 amide bonds. The first-order valence-electron chi connectivity index (χ1n) is 6.63. The minimum Gasteiger partial charge on any atom is -0.480 e. The fourth-order valence-corrected chi connectivity index (χ4v) is 2.27. The summed E-state index contributed by atoms with van der Waals surface area (Å²) in [5.74, 6) is -0.838. The standard InChI is InChI=1S/C14H21N3O2/c1-11-2-3-12(10-17-6-4-15-5-7-17)13(8-11)16-9-14(18)19/h2-3,8,15-16H,4-7,9-10H2,1H3,(H,18,19). The van der Waals surface area contributed by atoms with E-state index in [0.717, 1.165) is 49.5 Å². The van der Waals surface area contributed by atoms with Crippen LogP contribution >= 0.6 is 0 Å². The van der Waals surface area contributed by atoms with Crippen LogP contribution in [0.1, 0.15) is 11.1 Å². The smallest absolute Gasteiger partial charge is 0.322 e. The molecular formula is C14H21N3O2. The Hall–Kier alpha value is -1.59. The Morgan fingerprint density at radius 1 is 1.42 bits per heavy atom. The van der Waals surface area contributed by atoms with Gasteiger partial charge >= 0.3 is 5.97 Å². The van der Waals surface area contributed by atoms with Gasteiger partial charge in [0.2, 0.25) is 0 Å². The lowest BCUT2D eigenvalue weighted by Crippen LogP contribution is -2.43. The molecule has 1 saturated heterocycles. The van der Waals surface area contributed by atoms with Gasteiger partial charge in [-0.15, -0.1) is 0 Å². The molecule has 1 aromatic carbocycles. The van der Waals surface area contributed by atoms with E-state index in [9.17, 15) is 4.79 Å². The zero-order valence-electron chi connectivity index (χ0n) is 11.3. The van der Waals surface area contributed by atoms with E-state index in [1.807, 2.05) is 13.0 Å². The average molecular weight is 263 g/mol. The van der Waals surface area contributed by atoms with Gasteiger partial charge in [0.05, 0.1) is 0 Å². The Kier molecular flexibility index (Phi) is 4.76. The summed E-state index contributed by atoms with van der Waals surface area (Å²) >= 11 is 0. The second-order valence-electron chi connectivity index (χ2n) is 4.93. The van der Waals surface area contributed by atoms with Crippen molar-refractivity contribution < 1.29 is 9.90 Å². The highest BCUT2D eigenvalue weighted by Gasteiger charge is 2.12. The lowest BCUT2D eigenvalue weighted by Gasteiger charge is -2.28. The molecule has 0 unspecified atom stereocenters. The van der Waals surface area contributed by atoms with E-state index in [2.05, 4.69) is 27.7 Å². The molecule has 0 saturated carbocycles. The van der Waals surface area contributed by atoms with Crippen LogP contribution in [0.4, 0.5) is 5.69 Å². The van der Waals surface area contributed by atoms with E-state index in [0.29, 0.717) is 0 Å². The number of carboxylic acids is 1. The molecule has 0 aliphatic carbocycles. The number of carbonyl (C=O) groups is 1. The summed E-state index contributed by atoms with van der Waals surface area (Å²) in [4.78, 5) is 13.1. The molecule has 3 N–H and O–H groups in total. The summed E-state index contributed by atoms with van der Waals surface area (Å²) < 4.78 is 0. The third-order valence-corrected chi connectivity index (χ3v) is 3.30. The lowest BCUT2D eigenvalue weighted by molar-refractivity contribution is -0.134. The van der Waals surface area contributed by atoms with Crippen molar-refractivity contribution in [3.05, 3.63) is 29.3 Å². The summed E-state index contributed by atoms with van der Waals surface area (Å²) in [6.45, 7) is 6.94. The summed E-state index contributed by atoms with van der Waals surface area (Å²) in [5, 5.41) is 15.1. The molecule has 19 heavy (non-hydrogen) atoms. The quantitative estimate of drug-likeness (QED) is 0.736. The zero-order valence-corrected chi connectivity index (χ0v) is 11.3. The molecule has 5 nitrogen and oxygen atoms in total. The van der Waals surface area contributed by atoms with Crippen molar-refractivity contribution in [1.29, 1.82) is 0 Å². The minimum atomic E-state index is -0.838. The van der Waals surface area contributed by atoms with Gasteiger partial charge in [-0.25, -0.2) is 0 Å². The number of nitrogens with one attached hydrogen (secondary N) is 2. The molecule has 2 rings (SSSR count). The van der Waals surface area contributed by atoms with E-state index < -0.39 is 5.97 Å². The lowest BCUT2D eigenvalue weighted by atomic mass is 10.1. The molecule has 0 spiro atoms. The Morgan fingerprint density at radius 3 is 2.84 bits per heavy atom. The van der Waals surface area contributed by atoms with E-state index in [1.165, 1.54) is 0 Å². The Labute approximate surface area is 113 Å². The van der Waals surface area contributed by atoms with Crippen LogP contribution in [0.3, 0.4) is 0 Å². The first-order valence-corrected chi connectivity index (χ1v) is 6.63. The van der Waals surface area contributed by atoms with Gasteiger partial charge in [-0.05, 0) is 24.1 Å². The van der Waals surface area contributed by atoms with Gasteiger partial charge in [0.1, 0.15) is 6.54 Å². The molecule has 0 atom stereocenters. The van der Waals surface area contributed by atoms with E-state index in [4.69, 9.17) is 5.11 Å². The van der Waals surface area contributed by atoms with Crippen LogP contribution in [0.25, 0.3) is 0 Å². The molecular weight excluding hydrogens is 242 g/mol. The third-order valence-electron chi connectivity index (χ3n) is 3.30. The number of piperazine rings is 1. The fraction of sp³-hybridized carbons (Fsp3) is 0.500. The van der Waals surface area contributed by atoms with Crippen molar-refractivity contribution in [1.82, 2.24) is 10.2 Å². The van der Waals surface area contributed by atoms with Gasteiger partial charge in [-0.2, -0.15) is 0 Å². The van der Waals surface area contributed by atoms with Gasteiger partial charge in [0.25, 0.3) is 0 Å². The fourth-order valence-electron chi connectivity index (χ4n) is 2.27. The zero-order chi connectivity index (χ0) is 13.7. The second-order valence-corrected chi connectivity index (χ2v) is 4.93. The highest BCUT2D eigenvalue weighted by Crippen LogP contribution is 2.19. The molecule has 1 fully saturated rings. The molecule has 1 aliphatic heterocycles. The van der Waals surface area contributed by atoms with Crippen molar-refractivity contribution in [2.75, 3.05) is 38.0 Å². The molecule has 0 radical (unpaired) electrons. The molecule has 0 aromatic heterocycles. The van der Waals surface area contributed by atoms with Crippen LogP contribution in [-0.4, -0.2) is 48.7 Å². The SMILES string of the molecule is Cc1ccc(CN2CCNCC2)c(NCC(=O)O)c1. The molecule has 1 heterocycles. The van der Waals surface area contributed by atoms with Crippen molar-refractivity contribution >= 4 is 11.7 Å². The maximum absolute atomic E-state index is 10.7.